The van der Waals surface area contributed by atoms with Crippen molar-refractivity contribution in [1.82, 2.24) is 0 Å². The highest BCUT2D eigenvalue weighted by Crippen LogP contribution is 2.53. The summed E-state index contributed by atoms with van der Waals surface area (Å²) in [6, 6.07) is 1.80. The standard InChI is InChI=1S/C15H19BrO5/c1-19-11-7-10(16)13(15(21-3)14(11)20-2)9(6-12(17)18)8-4-5-8/h7-9H,4-6H2,1-3H3,(H,17,18). The van der Waals surface area contributed by atoms with Crippen molar-refractivity contribution in [1.29, 1.82) is 0 Å². The number of halogens is 1. The van der Waals surface area contributed by atoms with Crippen LogP contribution in [-0.2, 0) is 4.79 Å². The Kier molecular flexibility index (Phi) is 4.98. The molecule has 1 fully saturated rings. The molecular weight excluding hydrogens is 340 g/mol. The van der Waals surface area contributed by atoms with E-state index in [1.165, 1.54) is 0 Å². The number of carboxylic acid groups (broad SMARTS) is 1. The fourth-order valence-corrected chi connectivity index (χ4v) is 3.37. The molecule has 116 valence electrons. The van der Waals surface area contributed by atoms with Crippen LogP contribution in [-0.4, -0.2) is 32.4 Å². The van der Waals surface area contributed by atoms with Crippen molar-refractivity contribution in [2.75, 3.05) is 21.3 Å². The zero-order valence-electron chi connectivity index (χ0n) is 12.3. The van der Waals surface area contributed by atoms with Gasteiger partial charge in [-0.3, -0.25) is 4.79 Å². The van der Waals surface area contributed by atoms with Gasteiger partial charge in [0.15, 0.2) is 11.5 Å². The molecule has 1 unspecified atom stereocenters. The molecule has 0 spiro atoms. The van der Waals surface area contributed by atoms with E-state index in [1.54, 1.807) is 27.4 Å². The Hall–Kier alpha value is -1.43. The SMILES string of the molecule is COc1cc(Br)c(C(CC(=O)O)C2CC2)c(OC)c1OC. The van der Waals surface area contributed by atoms with Crippen LogP contribution in [0.25, 0.3) is 0 Å². The molecule has 0 amide bonds. The van der Waals surface area contributed by atoms with Gasteiger partial charge in [0, 0.05) is 16.0 Å². The monoisotopic (exact) mass is 358 g/mol. The minimum atomic E-state index is -0.810. The third-order valence-corrected chi connectivity index (χ3v) is 4.43. The Morgan fingerprint density at radius 1 is 1.29 bits per heavy atom. The van der Waals surface area contributed by atoms with Crippen LogP contribution in [0.5, 0.6) is 17.2 Å². The van der Waals surface area contributed by atoms with Crippen LogP contribution in [0.2, 0.25) is 0 Å². The maximum atomic E-state index is 11.2. The topological polar surface area (TPSA) is 65.0 Å². The highest BCUT2D eigenvalue weighted by molar-refractivity contribution is 9.10. The molecule has 1 aliphatic rings. The van der Waals surface area contributed by atoms with Gasteiger partial charge >= 0.3 is 5.97 Å². The summed E-state index contributed by atoms with van der Waals surface area (Å²) in [6.07, 6.45) is 2.17. The van der Waals surface area contributed by atoms with Crippen LogP contribution in [0.3, 0.4) is 0 Å². The van der Waals surface area contributed by atoms with Gasteiger partial charge in [-0.05, 0) is 24.8 Å². The van der Waals surface area contributed by atoms with Gasteiger partial charge in [0.05, 0.1) is 27.8 Å². The average molecular weight is 359 g/mol. The molecule has 21 heavy (non-hydrogen) atoms. The zero-order valence-corrected chi connectivity index (χ0v) is 13.9. The van der Waals surface area contributed by atoms with Gasteiger partial charge in [-0.1, -0.05) is 15.9 Å². The fourth-order valence-electron chi connectivity index (χ4n) is 2.69. The highest BCUT2D eigenvalue weighted by atomic mass is 79.9. The number of hydrogen-bond donors (Lipinski definition) is 1. The van der Waals surface area contributed by atoms with Gasteiger partial charge in [0.2, 0.25) is 5.75 Å². The van der Waals surface area contributed by atoms with Crippen molar-refractivity contribution in [3.8, 4) is 17.2 Å². The molecule has 0 bridgehead atoms. The molecule has 0 saturated heterocycles. The Morgan fingerprint density at radius 2 is 1.90 bits per heavy atom. The summed E-state index contributed by atoms with van der Waals surface area (Å²) in [7, 11) is 4.65. The van der Waals surface area contributed by atoms with E-state index in [0.717, 1.165) is 22.9 Å². The van der Waals surface area contributed by atoms with E-state index < -0.39 is 5.97 Å². The molecule has 1 aromatic rings. The summed E-state index contributed by atoms with van der Waals surface area (Å²) in [6.45, 7) is 0. The van der Waals surface area contributed by atoms with Gasteiger partial charge in [-0.2, -0.15) is 0 Å². The molecule has 1 saturated carbocycles. The molecule has 6 heteroatoms. The highest BCUT2D eigenvalue weighted by Gasteiger charge is 2.38. The number of benzene rings is 1. The lowest BCUT2D eigenvalue weighted by Crippen LogP contribution is -2.11. The fraction of sp³-hybridized carbons (Fsp3) is 0.533. The van der Waals surface area contributed by atoms with Crippen molar-refractivity contribution in [3.63, 3.8) is 0 Å². The third-order valence-electron chi connectivity index (χ3n) is 3.77. The first-order valence-electron chi connectivity index (χ1n) is 6.73. The molecule has 0 aromatic heterocycles. The number of hydrogen-bond acceptors (Lipinski definition) is 4. The van der Waals surface area contributed by atoms with E-state index in [2.05, 4.69) is 15.9 Å². The summed E-state index contributed by atoms with van der Waals surface area (Å²) in [4.78, 5) is 11.2. The lowest BCUT2D eigenvalue weighted by molar-refractivity contribution is -0.137. The third kappa shape index (κ3) is 3.26. The van der Waals surface area contributed by atoms with Crippen molar-refractivity contribution >= 4 is 21.9 Å². The maximum Gasteiger partial charge on any atom is 0.303 e. The molecule has 1 atom stereocenters. The quantitative estimate of drug-likeness (QED) is 0.808. The van der Waals surface area contributed by atoms with Crippen molar-refractivity contribution in [2.24, 2.45) is 5.92 Å². The molecular formula is C15H19BrO5. The second-order valence-electron chi connectivity index (χ2n) is 5.08. The first-order chi connectivity index (χ1) is 10.0. The molecule has 5 nitrogen and oxygen atoms in total. The normalized spacial score (nSPS) is 15.4. The number of methoxy groups -OCH3 is 3. The number of carboxylic acids is 1. The first-order valence-corrected chi connectivity index (χ1v) is 7.52. The summed E-state index contributed by atoms with van der Waals surface area (Å²) in [5, 5.41) is 9.19. The van der Waals surface area contributed by atoms with E-state index >= 15 is 0 Å². The van der Waals surface area contributed by atoms with Crippen LogP contribution in [0.4, 0.5) is 0 Å². The van der Waals surface area contributed by atoms with Crippen molar-refractivity contribution < 1.29 is 24.1 Å². The van der Waals surface area contributed by atoms with Gasteiger partial charge in [0.25, 0.3) is 0 Å². The smallest absolute Gasteiger partial charge is 0.303 e. The van der Waals surface area contributed by atoms with E-state index in [9.17, 15) is 9.90 Å². The van der Waals surface area contributed by atoms with E-state index in [1.807, 2.05) is 0 Å². The Balaban J connectivity index is 2.57. The molecule has 1 aliphatic carbocycles. The molecule has 1 aromatic carbocycles. The molecule has 0 heterocycles. The van der Waals surface area contributed by atoms with Gasteiger partial charge < -0.3 is 19.3 Å². The summed E-state index contributed by atoms with van der Waals surface area (Å²) in [5.74, 6) is 1.07. The average Bonchev–Trinajstić information content (AvgIpc) is 3.28. The molecule has 1 N–H and O–H groups in total. The van der Waals surface area contributed by atoms with Gasteiger partial charge in [-0.15, -0.1) is 0 Å². The number of rotatable bonds is 7. The lowest BCUT2D eigenvalue weighted by atomic mass is 9.90. The van der Waals surface area contributed by atoms with Crippen LogP contribution in [0, 0.1) is 5.92 Å². The molecule has 0 radical (unpaired) electrons. The van der Waals surface area contributed by atoms with Gasteiger partial charge in [-0.25, -0.2) is 0 Å². The van der Waals surface area contributed by atoms with Crippen LogP contribution >= 0.6 is 15.9 Å². The largest absolute Gasteiger partial charge is 0.493 e. The number of aliphatic carboxylic acids is 1. The number of ether oxygens (including phenoxy) is 3. The van der Waals surface area contributed by atoms with Crippen molar-refractivity contribution in [2.45, 2.75) is 25.2 Å². The van der Waals surface area contributed by atoms with E-state index in [4.69, 9.17) is 14.2 Å². The van der Waals surface area contributed by atoms with Gasteiger partial charge in [0.1, 0.15) is 0 Å². The Labute approximate surface area is 132 Å². The number of carbonyl (C=O) groups is 1. The predicted molar refractivity (Wildman–Crippen MR) is 81.5 cm³/mol. The van der Waals surface area contributed by atoms with E-state index in [-0.39, 0.29) is 12.3 Å². The zero-order chi connectivity index (χ0) is 15.6. The molecule has 0 aliphatic heterocycles. The van der Waals surface area contributed by atoms with Crippen LogP contribution < -0.4 is 14.2 Å². The maximum absolute atomic E-state index is 11.2. The second kappa shape index (κ2) is 6.56. The predicted octanol–water partition coefficient (Wildman–Crippen LogP) is 3.44. The Bertz CT molecular complexity index is 539. The Morgan fingerprint density at radius 3 is 2.33 bits per heavy atom. The minimum absolute atomic E-state index is 0.0785. The minimum Gasteiger partial charge on any atom is -0.493 e. The first kappa shape index (κ1) is 15.9. The van der Waals surface area contributed by atoms with Crippen LogP contribution in [0.1, 0.15) is 30.7 Å². The van der Waals surface area contributed by atoms with E-state index in [0.29, 0.717) is 23.2 Å². The molecule has 2 rings (SSSR count). The second-order valence-corrected chi connectivity index (χ2v) is 5.94. The van der Waals surface area contributed by atoms with Crippen molar-refractivity contribution in [3.05, 3.63) is 16.1 Å². The lowest BCUT2D eigenvalue weighted by Gasteiger charge is -2.23. The summed E-state index contributed by atoms with van der Waals surface area (Å²) < 4.78 is 17.0. The van der Waals surface area contributed by atoms with Crippen LogP contribution in [0.15, 0.2) is 10.5 Å². The summed E-state index contributed by atoms with van der Waals surface area (Å²) in [5.41, 5.74) is 0.847. The summed E-state index contributed by atoms with van der Waals surface area (Å²) >= 11 is 3.52.